The summed E-state index contributed by atoms with van der Waals surface area (Å²) in [7, 11) is 0. The summed E-state index contributed by atoms with van der Waals surface area (Å²) >= 11 is 2.90. The van der Waals surface area contributed by atoms with Gasteiger partial charge in [0.05, 0.1) is 16.1 Å². The van der Waals surface area contributed by atoms with Crippen LogP contribution in [0.15, 0.2) is 16.6 Å². The molecule has 1 atom stereocenters. The fourth-order valence-electron chi connectivity index (χ4n) is 1.23. The third kappa shape index (κ3) is 2.30. The number of phenolic OH excluding ortho intramolecular Hbond substituents is 1. The highest BCUT2D eigenvalue weighted by Gasteiger charge is 2.27. The lowest BCUT2D eigenvalue weighted by atomic mass is 10.00. The molecule has 7 heteroatoms. The molecule has 88 valence electrons. The standard InChI is InChI=1S/C9H8BrF2NO3/c10-4-2-1-3(9(15)16)5(7(4)14)6(13)8(11)12/h1-2,6,8,14H,13H2,(H,15,16)/t6-/m1/s1. The first-order valence-corrected chi connectivity index (χ1v) is 4.94. The quantitative estimate of drug-likeness (QED) is 0.797. The van der Waals surface area contributed by atoms with Gasteiger partial charge in [-0.15, -0.1) is 0 Å². The van der Waals surface area contributed by atoms with Crippen molar-refractivity contribution in [1.29, 1.82) is 0 Å². The molecule has 0 aliphatic rings. The fraction of sp³-hybridized carbons (Fsp3) is 0.222. The number of nitrogens with two attached hydrogens (primary N) is 1. The van der Waals surface area contributed by atoms with Crippen LogP contribution in [0.25, 0.3) is 0 Å². The minimum absolute atomic E-state index is 0.114. The van der Waals surface area contributed by atoms with E-state index in [-0.39, 0.29) is 4.47 Å². The predicted octanol–water partition coefficient (Wildman–Crippen LogP) is 2.12. The Hall–Kier alpha value is -1.21. The van der Waals surface area contributed by atoms with Gasteiger partial charge in [0.1, 0.15) is 5.75 Å². The zero-order valence-electron chi connectivity index (χ0n) is 7.82. The topological polar surface area (TPSA) is 83.6 Å². The van der Waals surface area contributed by atoms with E-state index in [1.807, 2.05) is 0 Å². The molecule has 0 fully saturated rings. The van der Waals surface area contributed by atoms with Gasteiger partial charge < -0.3 is 15.9 Å². The van der Waals surface area contributed by atoms with E-state index >= 15 is 0 Å². The van der Waals surface area contributed by atoms with Crippen LogP contribution in [-0.2, 0) is 0 Å². The zero-order chi connectivity index (χ0) is 12.5. The van der Waals surface area contributed by atoms with Gasteiger partial charge in [-0.2, -0.15) is 0 Å². The number of carboxylic acids is 1. The summed E-state index contributed by atoms with van der Waals surface area (Å²) in [6, 6.07) is 0.507. The number of benzene rings is 1. The van der Waals surface area contributed by atoms with Crippen molar-refractivity contribution in [2.24, 2.45) is 5.73 Å². The summed E-state index contributed by atoms with van der Waals surface area (Å²) in [6.45, 7) is 0. The Bertz CT molecular complexity index is 425. The average Bonchev–Trinajstić information content (AvgIpc) is 2.20. The number of halogens is 3. The molecule has 0 radical (unpaired) electrons. The van der Waals surface area contributed by atoms with Crippen molar-refractivity contribution in [3.63, 3.8) is 0 Å². The van der Waals surface area contributed by atoms with Crippen molar-refractivity contribution in [1.82, 2.24) is 0 Å². The first-order valence-electron chi connectivity index (χ1n) is 4.14. The first kappa shape index (κ1) is 12.9. The van der Waals surface area contributed by atoms with E-state index in [1.165, 1.54) is 6.07 Å². The Morgan fingerprint density at radius 2 is 2.00 bits per heavy atom. The Balaban J connectivity index is 3.43. The highest BCUT2D eigenvalue weighted by Crippen LogP contribution is 2.36. The Kier molecular flexibility index (Phi) is 3.82. The van der Waals surface area contributed by atoms with Crippen molar-refractivity contribution in [3.8, 4) is 5.75 Å². The molecule has 0 aromatic heterocycles. The first-order chi connectivity index (χ1) is 7.36. The van der Waals surface area contributed by atoms with Crippen molar-refractivity contribution in [2.75, 3.05) is 0 Å². The van der Waals surface area contributed by atoms with Gasteiger partial charge in [-0.25, -0.2) is 13.6 Å². The largest absolute Gasteiger partial charge is 0.506 e. The smallest absolute Gasteiger partial charge is 0.336 e. The van der Waals surface area contributed by atoms with Crippen LogP contribution in [0.4, 0.5) is 8.78 Å². The number of aromatic carboxylic acids is 1. The number of aromatic hydroxyl groups is 1. The molecule has 0 spiro atoms. The summed E-state index contributed by atoms with van der Waals surface area (Å²) in [4.78, 5) is 10.8. The molecule has 0 unspecified atom stereocenters. The minimum Gasteiger partial charge on any atom is -0.506 e. The van der Waals surface area contributed by atoms with Crippen LogP contribution in [0.2, 0.25) is 0 Å². The fourth-order valence-corrected chi connectivity index (χ4v) is 1.58. The van der Waals surface area contributed by atoms with Gasteiger partial charge in [0.2, 0.25) is 0 Å². The number of hydrogen-bond acceptors (Lipinski definition) is 3. The number of carbonyl (C=O) groups is 1. The summed E-state index contributed by atoms with van der Waals surface area (Å²) in [6.07, 6.45) is -2.96. The highest BCUT2D eigenvalue weighted by molar-refractivity contribution is 9.10. The lowest BCUT2D eigenvalue weighted by Gasteiger charge is -2.16. The van der Waals surface area contributed by atoms with Crippen molar-refractivity contribution < 1.29 is 23.8 Å². The van der Waals surface area contributed by atoms with Crippen LogP contribution in [-0.4, -0.2) is 22.6 Å². The molecule has 0 amide bonds. The molecule has 0 saturated heterocycles. The van der Waals surface area contributed by atoms with E-state index in [9.17, 15) is 18.7 Å². The number of alkyl halides is 2. The summed E-state index contributed by atoms with van der Waals surface area (Å²) in [5.41, 5.74) is 4.24. The summed E-state index contributed by atoms with van der Waals surface area (Å²) < 4.78 is 25.0. The van der Waals surface area contributed by atoms with Gasteiger partial charge in [-0.1, -0.05) is 0 Å². The second kappa shape index (κ2) is 4.75. The maximum absolute atomic E-state index is 12.4. The highest BCUT2D eigenvalue weighted by atomic mass is 79.9. The van der Waals surface area contributed by atoms with Crippen LogP contribution in [0.5, 0.6) is 5.75 Å². The van der Waals surface area contributed by atoms with Gasteiger partial charge in [0, 0.05) is 5.56 Å². The normalized spacial score (nSPS) is 12.8. The van der Waals surface area contributed by atoms with Crippen LogP contribution < -0.4 is 5.73 Å². The molecule has 1 rings (SSSR count). The lowest BCUT2D eigenvalue weighted by molar-refractivity contribution is 0.0690. The molecule has 0 bridgehead atoms. The summed E-state index contributed by atoms with van der Waals surface area (Å²) in [5.74, 6) is -2.00. The zero-order valence-corrected chi connectivity index (χ0v) is 9.41. The van der Waals surface area contributed by atoms with Gasteiger partial charge in [0.15, 0.2) is 0 Å². The second-order valence-corrected chi connectivity index (χ2v) is 3.88. The third-order valence-corrected chi connectivity index (χ3v) is 2.64. The van der Waals surface area contributed by atoms with E-state index in [1.54, 1.807) is 0 Å². The van der Waals surface area contributed by atoms with Crippen LogP contribution >= 0.6 is 15.9 Å². The lowest BCUT2D eigenvalue weighted by Crippen LogP contribution is -2.22. The summed E-state index contributed by atoms with van der Waals surface area (Å²) in [5, 5.41) is 18.3. The molecule has 4 nitrogen and oxygen atoms in total. The molecular formula is C9H8BrF2NO3. The molecule has 4 N–H and O–H groups in total. The van der Waals surface area contributed by atoms with Crippen molar-refractivity contribution in [3.05, 3.63) is 27.7 Å². The van der Waals surface area contributed by atoms with Crippen LogP contribution in [0.1, 0.15) is 22.0 Å². The molecule has 0 aliphatic heterocycles. The van der Waals surface area contributed by atoms with E-state index in [4.69, 9.17) is 10.8 Å². The monoisotopic (exact) mass is 295 g/mol. The SMILES string of the molecule is N[C@H](c1c(C(=O)O)ccc(Br)c1O)C(F)F. The number of carboxylic acid groups (broad SMARTS) is 1. The third-order valence-electron chi connectivity index (χ3n) is 2.00. The molecule has 0 heterocycles. The predicted molar refractivity (Wildman–Crippen MR) is 55.7 cm³/mol. The van der Waals surface area contributed by atoms with Gasteiger partial charge in [-0.05, 0) is 28.1 Å². The molecule has 0 saturated carbocycles. The molecule has 16 heavy (non-hydrogen) atoms. The van der Waals surface area contributed by atoms with Crippen molar-refractivity contribution >= 4 is 21.9 Å². The molecule has 0 aliphatic carbocycles. The minimum atomic E-state index is -2.96. The van der Waals surface area contributed by atoms with E-state index in [2.05, 4.69) is 15.9 Å². The van der Waals surface area contributed by atoms with Gasteiger partial charge in [-0.3, -0.25) is 0 Å². The Morgan fingerprint density at radius 1 is 1.44 bits per heavy atom. The van der Waals surface area contributed by atoms with Crippen molar-refractivity contribution in [2.45, 2.75) is 12.5 Å². The second-order valence-electron chi connectivity index (χ2n) is 3.02. The van der Waals surface area contributed by atoms with E-state index in [0.717, 1.165) is 6.07 Å². The number of rotatable bonds is 3. The van der Waals surface area contributed by atoms with Crippen LogP contribution in [0.3, 0.4) is 0 Å². The number of hydrogen-bond donors (Lipinski definition) is 3. The van der Waals surface area contributed by atoms with Crippen LogP contribution in [0, 0.1) is 0 Å². The molecular weight excluding hydrogens is 288 g/mol. The maximum atomic E-state index is 12.4. The Labute approximate surface area is 97.8 Å². The maximum Gasteiger partial charge on any atom is 0.336 e. The van der Waals surface area contributed by atoms with Gasteiger partial charge >= 0.3 is 5.97 Å². The number of phenols is 1. The van der Waals surface area contributed by atoms with E-state index < -0.39 is 35.3 Å². The molecule has 1 aromatic carbocycles. The van der Waals surface area contributed by atoms with E-state index in [0.29, 0.717) is 0 Å². The molecule has 1 aromatic rings. The Morgan fingerprint density at radius 3 is 2.44 bits per heavy atom. The average molecular weight is 296 g/mol. The van der Waals surface area contributed by atoms with Gasteiger partial charge in [0.25, 0.3) is 6.43 Å².